The summed E-state index contributed by atoms with van der Waals surface area (Å²) in [7, 11) is -1.86. The number of likely N-dealkylation sites (N-methyl/N-ethyl adjacent to an activating group) is 1. The first-order valence-corrected chi connectivity index (χ1v) is 15.1. The van der Waals surface area contributed by atoms with Gasteiger partial charge in [-0.1, -0.05) is 17.7 Å². The maximum absolute atomic E-state index is 13.7. The second-order valence-electron chi connectivity index (χ2n) is 10.0. The van der Waals surface area contributed by atoms with Crippen LogP contribution < -0.4 is 10.5 Å². The molecule has 3 aromatic rings. The lowest BCUT2D eigenvalue weighted by atomic mass is 9.88. The number of benzene rings is 1. The van der Waals surface area contributed by atoms with E-state index in [1.165, 1.54) is 28.8 Å². The van der Waals surface area contributed by atoms with Crippen molar-refractivity contribution in [1.29, 1.82) is 0 Å². The molecule has 1 unspecified atom stereocenters. The predicted molar refractivity (Wildman–Crippen MR) is 148 cm³/mol. The smallest absolute Gasteiger partial charge is 0.333 e. The molecule has 3 N–H and O–H groups in total. The molecule has 1 saturated carbocycles. The van der Waals surface area contributed by atoms with Crippen LogP contribution >= 0.6 is 22.9 Å². The zero-order valence-electron chi connectivity index (χ0n) is 21.2. The largest absolute Gasteiger partial charge is 0.367 e. The van der Waals surface area contributed by atoms with Crippen molar-refractivity contribution in [3.63, 3.8) is 0 Å². The quantitative estimate of drug-likeness (QED) is 0.384. The molecule has 202 valence electrons. The molecule has 1 fully saturated rings. The molecule has 1 aliphatic carbocycles. The van der Waals surface area contributed by atoms with Gasteiger partial charge in [0.05, 0.1) is 23.1 Å². The Labute approximate surface area is 231 Å². The van der Waals surface area contributed by atoms with Crippen LogP contribution in [0.4, 0.5) is 5.82 Å². The van der Waals surface area contributed by atoms with Gasteiger partial charge in [0.1, 0.15) is 12.1 Å². The lowest BCUT2D eigenvalue weighted by Gasteiger charge is -2.35. The van der Waals surface area contributed by atoms with Crippen LogP contribution in [0.5, 0.6) is 0 Å². The van der Waals surface area contributed by atoms with Gasteiger partial charge < -0.3 is 5.32 Å². The fraction of sp³-hybridized carbons (Fsp3) is 0.423. The van der Waals surface area contributed by atoms with Crippen LogP contribution in [0.3, 0.4) is 0 Å². The van der Waals surface area contributed by atoms with Crippen LogP contribution in [-0.2, 0) is 20.9 Å². The van der Waals surface area contributed by atoms with Crippen LogP contribution in [0.25, 0.3) is 0 Å². The SMILES string of the molecule is Cc1sc(C(=O)c2cncnc2N[C@H]2CC[C@@H](COS(N)(=O)=O)C2)cc1C1c2cc(Cl)ccc2CCN1C. The lowest BCUT2D eigenvalue weighted by Crippen LogP contribution is -2.33. The highest BCUT2D eigenvalue weighted by atomic mass is 35.5. The summed E-state index contributed by atoms with van der Waals surface area (Å²) in [5, 5.41) is 9.03. The van der Waals surface area contributed by atoms with Crippen LogP contribution in [0, 0.1) is 12.8 Å². The first-order chi connectivity index (χ1) is 18.1. The highest BCUT2D eigenvalue weighted by Crippen LogP contribution is 2.40. The van der Waals surface area contributed by atoms with Crippen molar-refractivity contribution in [2.24, 2.45) is 11.1 Å². The van der Waals surface area contributed by atoms with Crippen molar-refractivity contribution in [2.75, 3.05) is 25.5 Å². The molecule has 1 aromatic carbocycles. The summed E-state index contributed by atoms with van der Waals surface area (Å²) in [5.41, 5.74) is 3.97. The van der Waals surface area contributed by atoms with E-state index in [1.54, 1.807) is 6.20 Å². The molecule has 0 amide bonds. The number of hydrogen-bond donors (Lipinski definition) is 2. The molecule has 1 aliphatic heterocycles. The average molecular weight is 576 g/mol. The minimum atomic E-state index is -3.96. The first-order valence-electron chi connectivity index (χ1n) is 12.5. The maximum Gasteiger partial charge on any atom is 0.333 e. The number of halogens is 1. The summed E-state index contributed by atoms with van der Waals surface area (Å²) in [5.74, 6) is 0.394. The fourth-order valence-corrected chi connectivity index (χ4v) is 7.05. The van der Waals surface area contributed by atoms with E-state index in [2.05, 4.69) is 33.3 Å². The summed E-state index contributed by atoms with van der Waals surface area (Å²) >= 11 is 7.83. The molecule has 9 nitrogen and oxygen atoms in total. The summed E-state index contributed by atoms with van der Waals surface area (Å²) in [6.07, 6.45) is 6.19. The zero-order valence-corrected chi connectivity index (χ0v) is 23.6. The number of hydrogen-bond acceptors (Lipinski definition) is 9. The van der Waals surface area contributed by atoms with Crippen LogP contribution in [0.2, 0.25) is 5.02 Å². The summed E-state index contributed by atoms with van der Waals surface area (Å²) in [6, 6.07) is 8.11. The molecule has 2 aliphatic rings. The van der Waals surface area contributed by atoms with Gasteiger partial charge in [-0.3, -0.25) is 13.9 Å². The third-order valence-corrected chi connectivity index (χ3v) is 9.12. The van der Waals surface area contributed by atoms with Crippen LogP contribution in [0.1, 0.15) is 62.1 Å². The summed E-state index contributed by atoms with van der Waals surface area (Å²) in [6.45, 7) is 3.02. The molecular weight excluding hydrogens is 546 g/mol. The number of carbonyl (C=O) groups is 1. The Morgan fingerprint density at radius 2 is 2.11 bits per heavy atom. The fourth-order valence-electron chi connectivity index (χ4n) is 5.48. The van der Waals surface area contributed by atoms with Gasteiger partial charge in [-0.2, -0.15) is 8.42 Å². The van der Waals surface area contributed by atoms with E-state index in [9.17, 15) is 13.2 Å². The predicted octanol–water partition coefficient (Wildman–Crippen LogP) is 4.11. The number of aryl methyl sites for hydroxylation is 1. The van der Waals surface area contributed by atoms with E-state index < -0.39 is 10.3 Å². The van der Waals surface area contributed by atoms with Crippen LogP contribution in [-0.4, -0.2) is 55.3 Å². The number of thiophene rings is 1. The second kappa shape index (κ2) is 11.0. The Balaban J connectivity index is 1.36. The third-order valence-electron chi connectivity index (χ3n) is 7.36. The van der Waals surface area contributed by atoms with Gasteiger partial charge in [0.15, 0.2) is 0 Å². The highest BCUT2D eigenvalue weighted by molar-refractivity contribution is 7.84. The number of ketones is 1. The summed E-state index contributed by atoms with van der Waals surface area (Å²) in [4.78, 5) is 26.2. The molecule has 3 heterocycles. The van der Waals surface area contributed by atoms with E-state index in [-0.39, 0.29) is 30.4 Å². The Kier molecular flexibility index (Phi) is 7.86. The molecule has 2 aromatic heterocycles. The number of anilines is 1. The number of nitrogens with one attached hydrogen (secondary N) is 1. The number of nitrogens with zero attached hydrogens (tertiary/aromatic N) is 3. The van der Waals surface area contributed by atoms with Crippen molar-refractivity contribution < 1.29 is 17.4 Å². The molecule has 0 bridgehead atoms. The number of aromatic nitrogens is 2. The third kappa shape index (κ3) is 5.93. The number of carbonyl (C=O) groups excluding carboxylic acids is 1. The molecule has 0 radical (unpaired) electrons. The van der Waals surface area contributed by atoms with Crippen molar-refractivity contribution in [3.05, 3.63) is 73.8 Å². The van der Waals surface area contributed by atoms with Gasteiger partial charge in [-0.05, 0) is 80.5 Å². The number of rotatable bonds is 8. The monoisotopic (exact) mass is 575 g/mol. The van der Waals surface area contributed by atoms with Crippen molar-refractivity contribution in [1.82, 2.24) is 14.9 Å². The van der Waals surface area contributed by atoms with Gasteiger partial charge in [0.25, 0.3) is 0 Å². The second-order valence-corrected chi connectivity index (χ2v) is 12.9. The maximum atomic E-state index is 13.7. The van der Waals surface area contributed by atoms with Gasteiger partial charge in [0.2, 0.25) is 5.78 Å². The van der Waals surface area contributed by atoms with E-state index in [0.717, 1.165) is 36.2 Å². The molecular formula is C26H30ClN5O4S2. The van der Waals surface area contributed by atoms with E-state index in [1.807, 2.05) is 25.1 Å². The molecule has 0 saturated heterocycles. The Morgan fingerprint density at radius 3 is 2.89 bits per heavy atom. The minimum Gasteiger partial charge on any atom is -0.367 e. The van der Waals surface area contributed by atoms with Gasteiger partial charge in [-0.15, -0.1) is 11.3 Å². The standard InChI is InChI=1S/C26H30ClN5O4S2/c1-15-20(24-21-10-18(27)5-4-17(21)7-8-32(24)2)11-23(37-15)25(33)22-12-29-14-30-26(22)31-19-6-3-16(9-19)13-36-38(28,34)35/h4-5,10-12,14,16,19,24H,3,6-9,13H2,1-2H3,(H2,28,34,35)(H,29,30,31)/t16-,19+,24?/m1/s1. The van der Waals surface area contributed by atoms with Crippen molar-refractivity contribution in [3.8, 4) is 0 Å². The van der Waals surface area contributed by atoms with E-state index >= 15 is 0 Å². The van der Waals surface area contributed by atoms with E-state index in [4.69, 9.17) is 20.9 Å². The molecule has 5 rings (SSSR count). The van der Waals surface area contributed by atoms with Crippen molar-refractivity contribution >= 4 is 44.8 Å². The van der Waals surface area contributed by atoms with Gasteiger partial charge >= 0.3 is 10.3 Å². The van der Waals surface area contributed by atoms with Crippen molar-refractivity contribution in [2.45, 2.75) is 44.7 Å². The Bertz CT molecular complexity index is 1460. The first kappa shape index (κ1) is 27.2. The van der Waals surface area contributed by atoms with E-state index in [0.29, 0.717) is 27.7 Å². The molecule has 3 atom stereocenters. The highest BCUT2D eigenvalue weighted by Gasteiger charge is 2.31. The number of nitrogens with two attached hydrogens (primary N) is 1. The Morgan fingerprint density at radius 1 is 1.29 bits per heavy atom. The topological polar surface area (TPSA) is 128 Å². The van der Waals surface area contributed by atoms with Crippen LogP contribution in [0.15, 0.2) is 36.8 Å². The Hall–Kier alpha value is -2.41. The zero-order chi connectivity index (χ0) is 27.0. The normalized spacial score (nSPS) is 21.8. The molecule has 0 spiro atoms. The van der Waals surface area contributed by atoms with Gasteiger partial charge in [-0.25, -0.2) is 15.1 Å². The lowest BCUT2D eigenvalue weighted by molar-refractivity contribution is 0.104. The minimum absolute atomic E-state index is 0.0230. The average Bonchev–Trinajstić information content (AvgIpc) is 3.48. The summed E-state index contributed by atoms with van der Waals surface area (Å²) < 4.78 is 27.0. The molecule has 38 heavy (non-hydrogen) atoms. The number of fused-ring (bicyclic) bond motifs is 1. The molecule has 12 heteroatoms. The van der Waals surface area contributed by atoms with Gasteiger partial charge in [0, 0.05) is 28.7 Å².